The number of hydrogen-bond donors (Lipinski definition) is 2. The van der Waals surface area contributed by atoms with E-state index < -0.39 is 5.41 Å². The number of rotatable bonds is 6. The highest BCUT2D eigenvalue weighted by Gasteiger charge is 2.43. The zero-order valence-corrected chi connectivity index (χ0v) is 17.9. The lowest BCUT2D eigenvalue weighted by Crippen LogP contribution is -2.55. The third kappa shape index (κ3) is 4.88. The highest BCUT2D eigenvalue weighted by molar-refractivity contribution is 5.92. The number of piperidine rings is 2. The molecule has 7 nitrogen and oxygen atoms in total. The molecule has 3 heterocycles. The van der Waals surface area contributed by atoms with E-state index in [-0.39, 0.29) is 18.4 Å². The number of nitrogens with one attached hydrogen (secondary N) is 1. The van der Waals surface area contributed by atoms with Gasteiger partial charge in [0.25, 0.3) is 0 Å². The van der Waals surface area contributed by atoms with Crippen molar-refractivity contribution in [2.24, 2.45) is 5.73 Å². The first-order chi connectivity index (χ1) is 15.1. The first-order valence-electron chi connectivity index (χ1n) is 11.2. The van der Waals surface area contributed by atoms with Gasteiger partial charge in [0.2, 0.25) is 11.8 Å². The van der Waals surface area contributed by atoms with Crippen LogP contribution in [0.25, 0.3) is 0 Å². The van der Waals surface area contributed by atoms with Gasteiger partial charge in [-0.3, -0.25) is 19.5 Å². The Balaban J connectivity index is 1.37. The summed E-state index contributed by atoms with van der Waals surface area (Å²) in [5, 5.41) is 2.98. The first-order valence-corrected chi connectivity index (χ1v) is 11.2. The molecule has 2 aliphatic rings. The Bertz CT molecular complexity index is 896. The van der Waals surface area contributed by atoms with Crippen LogP contribution in [0.15, 0.2) is 48.7 Å². The zero-order valence-electron chi connectivity index (χ0n) is 17.9. The molecule has 0 aliphatic carbocycles. The van der Waals surface area contributed by atoms with Crippen LogP contribution in [0.4, 0.5) is 11.4 Å². The molecular weight excluding hydrogens is 390 g/mol. The number of nitrogens with zero attached hydrogens (tertiary/aromatic N) is 3. The number of anilines is 2. The van der Waals surface area contributed by atoms with E-state index >= 15 is 0 Å². The zero-order chi connectivity index (χ0) is 21.7. The predicted octanol–water partition coefficient (Wildman–Crippen LogP) is 2.53. The van der Waals surface area contributed by atoms with Crippen molar-refractivity contribution in [1.82, 2.24) is 9.88 Å². The number of carbonyl (C=O) groups is 2. The van der Waals surface area contributed by atoms with Crippen molar-refractivity contribution >= 4 is 23.2 Å². The molecule has 31 heavy (non-hydrogen) atoms. The Morgan fingerprint density at radius 1 is 1.00 bits per heavy atom. The van der Waals surface area contributed by atoms with Crippen LogP contribution in [-0.2, 0) is 15.0 Å². The minimum atomic E-state index is -0.851. The van der Waals surface area contributed by atoms with Gasteiger partial charge in [0, 0.05) is 37.2 Å². The first kappa shape index (κ1) is 21.3. The maximum absolute atomic E-state index is 12.7. The fraction of sp³-hybridized carbons (Fsp3) is 0.458. The number of benzene rings is 1. The monoisotopic (exact) mass is 421 g/mol. The van der Waals surface area contributed by atoms with Crippen LogP contribution in [0.5, 0.6) is 0 Å². The number of carbonyl (C=O) groups excluding carboxylic acids is 2. The summed E-state index contributed by atoms with van der Waals surface area (Å²) in [5.74, 6) is -0.475. The van der Waals surface area contributed by atoms with E-state index in [2.05, 4.69) is 27.3 Å². The second-order valence-corrected chi connectivity index (χ2v) is 8.62. The third-order valence-corrected chi connectivity index (χ3v) is 6.44. The van der Waals surface area contributed by atoms with Gasteiger partial charge in [0.1, 0.15) is 5.41 Å². The molecule has 2 aliphatic heterocycles. The lowest BCUT2D eigenvalue weighted by atomic mass is 9.76. The van der Waals surface area contributed by atoms with Crippen LogP contribution >= 0.6 is 0 Å². The summed E-state index contributed by atoms with van der Waals surface area (Å²) < 4.78 is 0. The number of likely N-dealkylation sites (tertiary alicyclic amines) is 1. The van der Waals surface area contributed by atoms with Gasteiger partial charge in [-0.05, 0) is 75.0 Å². The van der Waals surface area contributed by atoms with Gasteiger partial charge in [-0.1, -0.05) is 6.07 Å². The molecule has 1 aromatic carbocycles. The van der Waals surface area contributed by atoms with Crippen molar-refractivity contribution in [2.45, 2.75) is 37.5 Å². The predicted molar refractivity (Wildman–Crippen MR) is 122 cm³/mol. The maximum atomic E-state index is 12.7. The normalized spacial score (nSPS) is 22.1. The Morgan fingerprint density at radius 2 is 1.77 bits per heavy atom. The molecule has 0 bridgehead atoms. The SMILES string of the molecule is NC(=O)[C@]1(c2ccccn2)CCCN(CC(=O)Nc2ccc(N3CCCCC3)cc2)C1. The summed E-state index contributed by atoms with van der Waals surface area (Å²) in [7, 11) is 0. The van der Waals surface area contributed by atoms with E-state index in [0.717, 1.165) is 31.7 Å². The fourth-order valence-electron chi connectivity index (χ4n) is 4.77. The van der Waals surface area contributed by atoms with E-state index in [1.54, 1.807) is 6.20 Å². The summed E-state index contributed by atoms with van der Waals surface area (Å²) in [5.41, 5.74) is 7.64. The molecule has 164 valence electrons. The summed E-state index contributed by atoms with van der Waals surface area (Å²) >= 11 is 0. The lowest BCUT2D eigenvalue weighted by Gasteiger charge is -2.40. The molecule has 0 radical (unpaired) electrons. The standard InChI is InChI=1S/C24H31N5O2/c25-23(31)24(21-7-2-3-13-26-21)12-6-14-28(18-24)17-22(30)27-19-8-10-20(11-9-19)29-15-4-1-5-16-29/h2-3,7-11,13H,1,4-6,12,14-18H2,(H2,25,31)(H,27,30)/t24-/m1/s1. The Morgan fingerprint density at radius 3 is 2.45 bits per heavy atom. The maximum Gasteiger partial charge on any atom is 0.238 e. The summed E-state index contributed by atoms with van der Waals surface area (Å²) in [6, 6.07) is 13.6. The third-order valence-electron chi connectivity index (χ3n) is 6.44. The van der Waals surface area contributed by atoms with E-state index in [4.69, 9.17) is 5.73 Å². The molecule has 0 saturated carbocycles. The van der Waals surface area contributed by atoms with E-state index in [1.165, 1.54) is 24.9 Å². The Hall–Kier alpha value is -2.93. The van der Waals surface area contributed by atoms with Crippen LogP contribution in [0, 0.1) is 0 Å². The summed E-state index contributed by atoms with van der Waals surface area (Å²) in [6.07, 6.45) is 6.89. The van der Waals surface area contributed by atoms with Gasteiger partial charge in [-0.2, -0.15) is 0 Å². The minimum absolute atomic E-state index is 0.0907. The Labute approximate surface area is 183 Å². The van der Waals surface area contributed by atoms with Gasteiger partial charge >= 0.3 is 0 Å². The molecule has 0 spiro atoms. The molecule has 2 amide bonds. The smallest absolute Gasteiger partial charge is 0.238 e. The molecule has 2 fully saturated rings. The average molecular weight is 422 g/mol. The molecule has 1 atom stereocenters. The highest BCUT2D eigenvalue weighted by Crippen LogP contribution is 2.32. The number of aromatic nitrogens is 1. The molecule has 2 saturated heterocycles. The molecular formula is C24H31N5O2. The summed E-state index contributed by atoms with van der Waals surface area (Å²) in [6.45, 7) is 3.57. The van der Waals surface area contributed by atoms with Crippen molar-refractivity contribution in [3.63, 3.8) is 0 Å². The van der Waals surface area contributed by atoms with Gasteiger partial charge in [-0.25, -0.2) is 0 Å². The second-order valence-electron chi connectivity index (χ2n) is 8.62. The number of amides is 2. The number of hydrogen-bond acceptors (Lipinski definition) is 5. The second kappa shape index (κ2) is 9.47. The Kier molecular flexibility index (Phi) is 6.51. The van der Waals surface area contributed by atoms with E-state index in [0.29, 0.717) is 18.7 Å². The van der Waals surface area contributed by atoms with E-state index in [9.17, 15) is 9.59 Å². The number of pyridine rings is 1. The van der Waals surface area contributed by atoms with Crippen molar-refractivity contribution in [1.29, 1.82) is 0 Å². The quantitative estimate of drug-likeness (QED) is 0.748. The molecule has 7 heteroatoms. The minimum Gasteiger partial charge on any atom is -0.372 e. The average Bonchev–Trinajstić information content (AvgIpc) is 2.80. The van der Waals surface area contributed by atoms with Gasteiger partial charge in [-0.15, -0.1) is 0 Å². The van der Waals surface area contributed by atoms with Gasteiger partial charge in [0.05, 0.1) is 12.2 Å². The van der Waals surface area contributed by atoms with Crippen LogP contribution in [0.1, 0.15) is 37.8 Å². The summed E-state index contributed by atoms with van der Waals surface area (Å²) in [4.78, 5) is 33.9. The van der Waals surface area contributed by atoms with Crippen LogP contribution in [-0.4, -0.2) is 54.4 Å². The van der Waals surface area contributed by atoms with Crippen LogP contribution in [0.2, 0.25) is 0 Å². The van der Waals surface area contributed by atoms with Crippen molar-refractivity contribution in [2.75, 3.05) is 42.9 Å². The molecule has 3 N–H and O–H groups in total. The highest BCUT2D eigenvalue weighted by atomic mass is 16.2. The lowest BCUT2D eigenvalue weighted by molar-refractivity contribution is -0.127. The largest absolute Gasteiger partial charge is 0.372 e. The van der Waals surface area contributed by atoms with Crippen molar-refractivity contribution in [3.05, 3.63) is 54.4 Å². The van der Waals surface area contributed by atoms with Crippen molar-refractivity contribution < 1.29 is 9.59 Å². The topological polar surface area (TPSA) is 91.6 Å². The number of nitrogens with two attached hydrogens (primary N) is 1. The van der Waals surface area contributed by atoms with Crippen LogP contribution < -0.4 is 16.0 Å². The van der Waals surface area contributed by atoms with Crippen molar-refractivity contribution in [3.8, 4) is 0 Å². The molecule has 0 unspecified atom stereocenters. The molecule has 2 aromatic rings. The molecule has 4 rings (SSSR count). The molecule has 1 aromatic heterocycles. The van der Waals surface area contributed by atoms with Gasteiger partial charge in [0.15, 0.2) is 0 Å². The van der Waals surface area contributed by atoms with E-state index in [1.807, 2.05) is 35.2 Å². The fourth-order valence-corrected chi connectivity index (χ4v) is 4.77. The van der Waals surface area contributed by atoms with Gasteiger partial charge < -0.3 is 16.0 Å². The number of primary amides is 1. The van der Waals surface area contributed by atoms with Crippen LogP contribution in [0.3, 0.4) is 0 Å².